The van der Waals surface area contributed by atoms with Crippen LogP contribution in [-0.4, -0.2) is 27.1 Å². The van der Waals surface area contributed by atoms with Gasteiger partial charge >= 0.3 is 0 Å². The van der Waals surface area contributed by atoms with Crippen molar-refractivity contribution in [3.05, 3.63) is 41.0 Å². The highest BCUT2D eigenvalue weighted by Crippen LogP contribution is 2.29. The summed E-state index contributed by atoms with van der Waals surface area (Å²) in [6.07, 6.45) is 0. The van der Waals surface area contributed by atoms with Crippen LogP contribution in [0.4, 0.5) is 0 Å². The van der Waals surface area contributed by atoms with E-state index < -0.39 is 0 Å². The maximum atomic E-state index is 5.16. The van der Waals surface area contributed by atoms with Gasteiger partial charge in [-0.15, -0.1) is 11.3 Å². The van der Waals surface area contributed by atoms with Gasteiger partial charge in [0.05, 0.1) is 22.8 Å². The summed E-state index contributed by atoms with van der Waals surface area (Å²) < 4.78 is 6.38. The topological polar surface area (TPSA) is 55.1 Å². The number of para-hydroxylation sites is 1. The average molecular weight is 288 g/mol. The van der Waals surface area contributed by atoms with Gasteiger partial charge in [-0.2, -0.15) is 4.98 Å². The number of aryl methyl sites for hydroxylation is 1. The Balaban J connectivity index is 1.78. The molecule has 0 aliphatic carbocycles. The molecule has 20 heavy (non-hydrogen) atoms. The smallest absolute Gasteiger partial charge is 0.240 e. The largest absolute Gasteiger partial charge is 0.338 e. The molecule has 3 aromatic rings. The van der Waals surface area contributed by atoms with Gasteiger partial charge in [0, 0.05) is 0 Å². The summed E-state index contributed by atoms with van der Waals surface area (Å²) in [5, 5.41) is 4.91. The van der Waals surface area contributed by atoms with Gasteiger partial charge in [0.2, 0.25) is 5.89 Å². The van der Waals surface area contributed by atoms with E-state index in [2.05, 4.69) is 28.0 Å². The zero-order chi connectivity index (χ0) is 14.1. The number of hydrogen-bond donors (Lipinski definition) is 0. The lowest BCUT2D eigenvalue weighted by Gasteiger charge is -2.20. The SMILES string of the molecule is Cc1noc(CN(C)[C@H](C)c2nc3ccccc3s2)n1. The minimum atomic E-state index is 0.208. The zero-order valence-corrected chi connectivity index (χ0v) is 12.5. The molecule has 0 aliphatic rings. The molecule has 0 amide bonds. The van der Waals surface area contributed by atoms with Crippen LogP contribution in [0.1, 0.15) is 29.7 Å². The van der Waals surface area contributed by atoms with Crippen LogP contribution in [0.5, 0.6) is 0 Å². The average Bonchev–Trinajstić information content (AvgIpc) is 3.03. The zero-order valence-electron chi connectivity index (χ0n) is 11.7. The molecule has 2 aromatic heterocycles. The van der Waals surface area contributed by atoms with Crippen molar-refractivity contribution in [3.8, 4) is 0 Å². The van der Waals surface area contributed by atoms with Gasteiger partial charge in [-0.3, -0.25) is 4.90 Å². The predicted molar refractivity (Wildman–Crippen MR) is 78.5 cm³/mol. The first kappa shape index (κ1) is 13.2. The summed E-state index contributed by atoms with van der Waals surface area (Å²) in [7, 11) is 2.04. The highest BCUT2D eigenvalue weighted by Gasteiger charge is 2.18. The Morgan fingerprint density at radius 1 is 1.30 bits per heavy atom. The molecule has 6 heteroatoms. The summed E-state index contributed by atoms with van der Waals surface area (Å²) in [6, 6.07) is 8.41. The summed E-state index contributed by atoms with van der Waals surface area (Å²) in [6.45, 7) is 4.59. The standard InChI is InChI=1S/C14H16N4OS/c1-9(18(3)8-13-15-10(2)17-19-13)14-16-11-6-4-5-7-12(11)20-14/h4-7,9H,8H2,1-3H3/t9-/m1/s1. The van der Waals surface area contributed by atoms with Crippen LogP contribution in [0.3, 0.4) is 0 Å². The van der Waals surface area contributed by atoms with Gasteiger partial charge in [0.1, 0.15) is 5.01 Å². The molecule has 0 saturated heterocycles. The summed E-state index contributed by atoms with van der Waals surface area (Å²) in [5.74, 6) is 1.30. The molecule has 0 aliphatic heterocycles. The molecule has 0 bridgehead atoms. The maximum absolute atomic E-state index is 5.16. The Morgan fingerprint density at radius 3 is 2.80 bits per heavy atom. The fourth-order valence-electron chi connectivity index (χ4n) is 2.01. The van der Waals surface area contributed by atoms with E-state index in [0.29, 0.717) is 18.3 Å². The summed E-state index contributed by atoms with van der Waals surface area (Å²) in [5.41, 5.74) is 1.06. The Kier molecular flexibility index (Phi) is 3.50. The number of aromatic nitrogens is 3. The number of nitrogens with zero attached hydrogens (tertiary/aromatic N) is 4. The van der Waals surface area contributed by atoms with Crippen LogP contribution in [0, 0.1) is 6.92 Å². The minimum absolute atomic E-state index is 0.208. The fraction of sp³-hybridized carbons (Fsp3) is 0.357. The van der Waals surface area contributed by atoms with Crippen molar-refractivity contribution in [2.24, 2.45) is 0 Å². The number of thiazole rings is 1. The lowest BCUT2D eigenvalue weighted by molar-refractivity contribution is 0.216. The third-order valence-electron chi connectivity index (χ3n) is 3.28. The summed E-state index contributed by atoms with van der Waals surface area (Å²) in [4.78, 5) is 11.1. The molecule has 5 nitrogen and oxygen atoms in total. The van der Waals surface area contributed by atoms with Gasteiger partial charge in [0.25, 0.3) is 0 Å². The highest BCUT2D eigenvalue weighted by molar-refractivity contribution is 7.18. The number of fused-ring (bicyclic) bond motifs is 1. The van der Waals surface area contributed by atoms with E-state index >= 15 is 0 Å². The summed E-state index contributed by atoms with van der Waals surface area (Å²) >= 11 is 1.73. The predicted octanol–water partition coefficient (Wildman–Crippen LogP) is 3.18. The molecular weight excluding hydrogens is 272 g/mol. The van der Waals surface area contributed by atoms with Crippen LogP contribution >= 0.6 is 11.3 Å². The van der Waals surface area contributed by atoms with E-state index in [4.69, 9.17) is 9.51 Å². The Hall–Kier alpha value is -1.79. The molecule has 0 N–H and O–H groups in total. The second-order valence-corrected chi connectivity index (χ2v) is 5.91. The van der Waals surface area contributed by atoms with Gasteiger partial charge in [-0.25, -0.2) is 4.98 Å². The third kappa shape index (κ3) is 2.57. The molecule has 104 valence electrons. The van der Waals surface area contributed by atoms with E-state index in [9.17, 15) is 0 Å². The molecular formula is C14H16N4OS. The first-order chi connectivity index (χ1) is 9.63. The van der Waals surface area contributed by atoms with Crippen molar-refractivity contribution in [1.29, 1.82) is 0 Å². The Labute approximate surface area is 121 Å². The molecule has 0 fully saturated rings. The van der Waals surface area contributed by atoms with Gasteiger partial charge < -0.3 is 4.52 Å². The van der Waals surface area contributed by atoms with Crippen molar-refractivity contribution in [2.75, 3.05) is 7.05 Å². The van der Waals surface area contributed by atoms with E-state index in [0.717, 1.165) is 10.5 Å². The van der Waals surface area contributed by atoms with E-state index in [1.54, 1.807) is 11.3 Å². The molecule has 2 heterocycles. The van der Waals surface area contributed by atoms with Crippen LogP contribution in [-0.2, 0) is 6.54 Å². The molecule has 0 unspecified atom stereocenters. The van der Waals surface area contributed by atoms with Crippen LogP contribution in [0.2, 0.25) is 0 Å². The van der Waals surface area contributed by atoms with Crippen molar-refractivity contribution in [3.63, 3.8) is 0 Å². The molecule has 0 saturated carbocycles. The second kappa shape index (κ2) is 5.30. The first-order valence-corrected chi connectivity index (χ1v) is 7.30. The fourth-order valence-corrected chi connectivity index (χ4v) is 3.10. The molecule has 0 spiro atoms. The second-order valence-electron chi connectivity index (χ2n) is 4.85. The van der Waals surface area contributed by atoms with Crippen molar-refractivity contribution in [1.82, 2.24) is 20.0 Å². The van der Waals surface area contributed by atoms with E-state index in [-0.39, 0.29) is 6.04 Å². The molecule has 1 aromatic carbocycles. The molecule has 0 radical (unpaired) electrons. The van der Waals surface area contributed by atoms with Crippen molar-refractivity contribution >= 4 is 21.6 Å². The Bertz CT molecular complexity index is 688. The van der Waals surface area contributed by atoms with Crippen molar-refractivity contribution in [2.45, 2.75) is 26.4 Å². The van der Waals surface area contributed by atoms with Gasteiger partial charge in [-0.05, 0) is 33.0 Å². The van der Waals surface area contributed by atoms with Crippen LogP contribution in [0.25, 0.3) is 10.2 Å². The van der Waals surface area contributed by atoms with Crippen LogP contribution in [0.15, 0.2) is 28.8 Å². The number of benzene rings is 1. The number of hydrogen-bond acceptors (Lipinski definition) is 6. The number of rotatable bonds is 4. The molecule has 3 rings (SSSR count). The quantitative estimate of drug-likeness (QED) is 0.738. The normalized spacial score (nSPS) is 13.2. The van der Waals surface area contributed by atoms with Gasteiger partial charge in [-0.1, -0.05) is 17.3 Å². The first-order valence-electron chi connectivity index (χ1n) is 6.48. The lowest BCUT2D eigenvalue weighted by atomic mass is 10.3. The monoisotopic (exact) mass is 288 g/mol. The molecule has 1 atom stereocenters. The lowest BCUT2D eigenvalue weighted by Crippen LogP contribution is -2.22. The van der Waals surface area contributed by atoms with Crippen LogP contribution < -0.4 is 0 Å². The Morgan fingerprint density at radius 2 is 2.10 bits per heavy atom. The van der Waals surface area contributed by atoms with E-state index in [1.807, 2.05) is 32.2 Å². The van der Waals surface area contributed by atoms with Gasteiger partial charge in [0.15, 0.2) is 5.82 Å². The van der Waals surface area contributed by atoms with Crippen molar-refractivity contribution < 1.29 is 4.52 Å². The highest BCUT2D eigenvalue weighted by atomic mass is 32.1. The maximum Gasteiger partial charge on any atom is 0.240 e. The minimum Gasteiger partial charge on any atom is -0.338 e. The third-order valence-corrected chi connectivity index (χ3v) is 4.49. The van der Waals surface area contributed by atoms with E-state index in [1.165, 1.54) is 4.70 Å².